The molecule has 4 heterocycles. The van der Waals surface area contributed by atoms with Crippen LogP contribution in [0.4, 0.5) is 0 Å². The Bertz CT molecular complexity index is 1130. The van der Waals surface area contributed by atoms with Gasteiger partial charge in [-0.3, -0.25) is 0 Å². The van der Waals surface area contributed by atoms with Gasteiger partial charge in [-0.05, 0) is 49.9 Å². The molecule has 0 spiro atoms. The first kappa shape index (κ1) is 19.0. The lowest BCUT2D eigenvalue weighted by molar-refractivity contribution is 0.0657. The van der Waals surface area contributed by atoms with Crippen LogP contribution in [0.15, 0.2) is 41.1 Å². The maximum atomic E-state index is 12.1. The molecular weight excluding hydrogens is 402 g/mol. The molecule has 4 aliphatic rings. The molecule has 1 aromatic heterocycles. The third-order valence-corrected chi connectivity index (χ3v) is 7.47. The van der Waals surface area contributed by atoms with Crippen molar-refractivity contribution in [2.24, 2.45) is 9.81 Å². The fraction of sp³-hybridized carbons (Fsp3) is 0.429. The van der Waals surface area contributed by atoms with Gasteiger partial charge >= 0.3 is 0 Å². The Morgan fingerprint density at radius 2 is 1.87 bits per heavy atom. The van der Waals surface area contributed by atoms with Crippen molar-refractivity contribution in [3.63, 3.8) is 0 Å². The van der Waals surface area contributed by atoms with Gasteiger partial charge in [0.2, 0.25) is 0 Å². The molecule has 8 nitrogen and oxygen atoms in total. The molecule has 2 saturated heterocycles. The zero-order valence-corrected chi connectivity index (χ0v) is 17.2. The van der Waals surface area contributed by atoms with Crippen LogP contribution < -0.4 is 4.74 Å². The minimum absolute atomic E-state index is 0.100. The number of aromatic nitrogens is 2. The monoisotopic (exact) mass is 423 g/mol. The van der Waals surface area contributed by atoms with Crippen molar-refractivity contribution >= 4 is 15.9 Å². The number of sulfonamides is 1. The Morgan fingerprint density at radius 1 is 1.17 bits per heavy atom. The van der Waals surface area contributed by atoms with Gasteiger partial charge in [-0.2, -0.15) is 5.26 Å². The average molecular weight is 423 g/mol. The van der Waals surface area contributed by atoms with Crippen molar-refractivity contribution in [3.8, 4) is 23.2 Å². The van der Waals surface area contributed by atoms with Crippen molar-refractivity contribution in [1.29, 1.82) is 5.26 Å². The highest BCUT2D eigenvalue weighted by molar-refractivity contribution is 7.90. The number of rotatable bonds is 4. The van der Waals surface area contributed by atoms with Crippen molar-refractivity contribution in [2.75, 3.05) is 18.9 Å². The number of nitrogens with zero attached hydrogens (tertiary/aromatic N) is 5. The highest BCUT2D eigenvalue weighted by Crippen LogP contribution is 2.47. The van der Waals surface area contributed by atoms with E-state index in [1.165, 1.54) is 12.4 Å². The lowest BCUT2D eigenvalue weighted by Gasteiger charge is -2.54. The number of ether oxygens (including phenoxy) is 1. The third-order valence-electron chi connectivity index (χ3n) is 6.32. The molecule has 6 rings (SSSR count). The fourth-order valence-corrected chi connectivity index (χ4v) is 5.74. The van der Waals surface area contributed by atoms with Crippen LogP contribution >= 0.6 is 0 Å². The van der Waals surface area contributed by atoms with E-state index in [9.17, 15) is 8.42 Å². The summed E-state index contributed by atoms with van der Waals surface area (Å²) in [6.07, 6.45) is 6.90. The molecule has 1 aliphatic carbocycles. The molecule has 154 valence electrons. The predicted octanol–water partition coefficient (Wildman–Crippen LogP) is 2.38. The molecule has 1 aromatic carbocycles. The summed E-state index contributed by atoms with van der Waals surface area (Å²) in [5.41, 5.74) is 0.913. The first-order chi connectivity index (χ1) is 14.5. The zero-order chi connectivity index (χ0) is 20.8. The third kappa shape index (κ3) is 3.31. The van der Waals surface area contributed by atoms with Crippen molar-refractivity contribution in [2.45, 2.75) is 31.7 Å². The molecule has 1 saturated carbocycles. The van der Waals surface area contributed by atoms with E-state index in [1.54, 1.807) is 0 Å². The lowest BCUT2D eigenvalue weighted by atomic mass is 9.67. The minimum atomic E-state index is -3.38. The van der Waals surface area contributed by atoms with E-state index >= 15 is 0 Å². The first-order valence-electron chi connectivity index (χ1n) is 10.0. The minimum Gasteiger partial charge on any atom is -0.493 e. The van der Waals surface area contributed by atoms with Gasteiger partial charge < -0.3 is 9.64 Å². The number of piperidine rings is 2. The quantitative estimate of drug-likeness (QED) is 0.743. The number of amidine groups is 1. The van der Waals surface area contributed by atoms with Gasteiger partial charge in [-0.1, -0.05) is 0 Å². The van der Waals surface area contributed by atoms with Crippen LogP contribution in [0.1, 0.15) is 31.2 Å². The normalized spacial score (nSPS) is 26.4. The molecule has 30 heavy (non-hydrogen) atoms. The largest absolute Gasteiger partial charge is 0.493 e. The molecule has 2 bridgehead atoms. The van der Waals surface area contributed by atoms with Gasteiger partial charge in [0, 0.05) is 30.5 Å². The van der Waals surface area contributed by atoms with Gasteiger partial charge in [0.1, 0.15) is 24.3 Å². The van der Waals surface area contributed by atoms with Crippen LogP contribution in [-0.2, 0) is 10.0 Å². The van der Waals surface area contributed by atoms with Crippen LogP contribution in [0.25, 0.3) is 11.4 Å². The van der Waals surface area contributed by atoms with Crippen molar-refractivity contribution in [3.05, 3.63) is 42.2 Å². The lowest BCUT2D eigenvalue weighted by Crippen LogP contribution is -2.62. The fourth-order valence-electron chi connectivity index (χ4n) is 4.66. The van der Waals surface area contributed by atoms with Gasteiger partial charge in [0.15, 0.2) is 5.82 Å². The Hall–Kier alpha value is -2.99. The molecule has 3 aliphatic heterocycles. The highest BCUT2D eigenvalue weighted by Gasteiger charge is 2.52. The standard InChI is InChI=1S/C21H21N5O3S/c22-11-15-12-23-19(24-13-15)16-1-3-18(4-2-16)29-14-21-7-5-17(6-8-21)26-9-10-30(27,28)25-20(21)26/h1-4,12-13,17H,5-10,14H2. The van der Waals surface area contributed by atoms with Gasteiger partial charge in [0.05, 0.1) is 16.7 Å². The Morgan fingerprint density at radius 3 is 2.53 bits per heavy atom. The van der Waals surface area contributed by atoms with Crippen LogP contribution in [0, 0.1) is 16.7 Å². The smallest absolute Gasteiger partial charge is 0.256 e. The Labute approximate surface area is 175 Å². The summed E-state index contributed by atoms with van der Waals surface area (Å²) in [5.74, 6) is 2.06. The molecule has 3 fully saturated rings. The van der Waals surface area contributed by atoms with E-state index in [0.717, 1.165) is 31.2 Å². The van der Waals surface area contributed by atoms with Gasteiger partial charge in [-0.25, -0.2) is 18.4 Å². The Kier molecular flexibility index (Phi) is 4.47. The second kappa shape index (κ2) is 7.06. The molecule has 9 heteroatoms. The van der Waals surface area contributed by atoms with E-state index in [2.05, 4.69) is 19.3 Å². The second-order valence-electron chi connectivity index (χ2n) is 8.13. The summed E-state index contributed by atoms with van der Waals surface area (Å²) in [5, 5.41) is 8.86. The molecule has 0 unspecified atom stereocenters. The summed E-state index contributed by atoms with van der Waals surface area (Å²) in [6.45, 7) is 0.949. The molecule has 0 N–H and O–H groups in total. The molecule has 0 atom stereocenters. The summed E-state index contributed by atoms with van der Waals surface area (Å²) in [6, 6.07) is 9.89. The van der Waals surface area contributed by atoms with Crippen LogP contribution in [0.5, 0.6) is 5.75 Å². The number of nitriles is 1. The molecule has 0 amide bonds. The molecule has 2 aromatic rings. The number of hydrogen-bond donors (Lipinski definition) is 0. The van der Waals surface area contributed by atoms with E-state index in [0.29, 0.717) is 42.2 Å². The number of fused-ring (bicyclic) bond motifs is 2. The second-order valence-corrected chi connectivity index (χ2v) is 9.88. The van der Waals surface area contributed by atoms with Crippen molar-refractivity contribution in [1.82, 2.24) is 14.9 Å². The van der Waals surface area contributed by atoms with E-state index < -0.39 is 10.0 Å². The van der Waals surface area contributed by atoms with E-state index in [-0.39, 0.29) is 11.2 Å². The topological polar surface area (TPSA) is 109 Å². The van der Waals surface area contributed by atoms with E-state index in [4.69, 9.17) is 10.00 Å². The first-order valence-corrected chi connectivity index (χ1v) is 11.6. The van der Waals surface area contributed by atoms with Crippen LogP contribution in [-0.4, -0.2) is 54.1 Å². The van der Waals surface area contributed by atoms with Crippen molar-refractivity contribution < 1.29 is 13.2 Å². The highest BCUT2D eigenvalue weighted by atomic mass is 32.2. The maximum Gasteiger partial charge on any atom is 0.256 e. The van der Waals surface area contributed by atoms with Crippen LogP contribution in [0.2, 0.25) is 0 Å². The molecular formula is C21H21N5O3S. The summed E-state index contributed by atoms with van der Waals surface area (Å²) in [4.78, 5) is 10.6. The molecule has 0 radical (unpaired) electrons. The van der Waals surface area contributed by atoms with Gasteiger partial charge in [0.25, 0.3) is 10.0 Å². The predicted molar refractivity (Wildman–Crippen MR) is 110 cm³/mol. The Balaban J connectivity index is 1.34. The maximum absolute atomic E-state index is 12.1. The number of hydrogen-bond acceptors (Lipinski definition) is 7. The average Bonchev–Trinajstić information content (AvgIpc) is 2.78. The summed E-state index contributed by atoms with van der Waals surface area (Å²) in [7, 11) is -3.38. The number of benzene rings is 1. The summed E-state index contributed by atoms with van der Waals surface area (Å²) < 4.78 is 34.5. The van der Waals surface area contributed by atoms with Crippen LogP contribution in [0.3, 0.4) is 0 Å². The SMILES string of the molecule is N#Cc1cnc(-c2ccc(OCC34CCC(CC3)N3CCS(=O)(=O)N=C34)cc2)nc1. The van der Waals surface area contributed by atoms with Gasteiger partial charge in [-0.15, -0.1) is 4.40 Å². The summed E-state index contributed by atoms with van der Waals surface area (Å²) >= 11 is 0. The van der Waals surface area contributed by atoms with E-state index in [1.807, 2.05) is 30.3 Å². The zero-order valence-electron chi connectivity index (χ0n) is 16.4.